The molecule has 0 saturated carbocycles. The molecule has 0 radical (unpaired) electrons. The topological polar surface area (TPSA) is 41.4 Å². The summed E-state index contributed by atoms with van der Waals surface area (Å²) in [5, 5.41) is 4.21. The summed E-state index contributed by atoms with van der Waals surface area (Å²) in [5.41, 5.74) is 2.08. The molecule has 0 spiro atoms. The predicted molar refractivity (Wildman–Crippen MR) is 94.4 cm³/mol. The van der Waals surface area contributed by atoms with Crippen molar-refractivity contribution in [2.45, 2.75) is 25.8 Å². The molecule has 1 aliphatic rings. The van der Waals surface area contributed by atoms with E-state index >= 15 is 0 Å². The Labute approximate surface area is 148 Å². The van der Waals surface area contributed by atoms with Crippen LogP contribution in [0.1, 0.15) is 24.0 Å². The average molecular weight is 344 g/mol. The lowest BCUT2D eigenvalue weighted by Crippen LogP contribution is -2.35. The lowest BCUT2D eigenvalue weighted by atomic mass is 10.1. The van der Waals surface area contributed by atoms with Gasteiger partial charge in [0.05, 0.1) is 6.20 Å². The SMILES string of the molecule is Cn1cc(CN2CCCN(C(=O)CCc3cccc(F)c3)CC2)cn1. The molecule has 134 valence electrons. The summed E-state index contributed by atoms with van der Waals surface area (Å²) in [7, 11) is 1.92. The molecule has 1 saturated heterocycles. The molecule has 1 fully saturated rings. The van der Waals surface area contributed by atoms with Gasteiger partial charge in [0.15, 0.2) is 0 Å². The lowest BCUT2D eigenvalue weighted by molar-refractivity contribution is -0.131. The molecule has 25 heavy (non-hydrogen) atoms. The predicted octanol–water partition coefficient (Wildman–Crippen LogP) is 2.23. The summed E-state index contributed by atoms with van der Waals surface area (Å²) in [6.45, 7) is 4.29. The van der Waals surface area contributed by atoms with Crippen LogP contribution >= 0.6 is 0 Å². The van der Waals surface area contributed by atoms with E-state index in [4.69, 9.17) is 0 Å². The Morgan fingerprint density at radius 1 is 1.20 bits per heavy atom. The van der Waals surface area contributed by atoms with Crippen LogP contribution in [0.15, 0.2) is 36.7 Å². The van der Waals surface area contributed by atoms with Crippen molar-refractivity contribution in [3.63, 3.8) is 0 Å². The van der Waals surface area contributed by atoms with Crippen LogP contribution in [-0.4, -0.2) is 51.7 Å². The molecule has 1 aromatic carbocycles. The molecule has 5 nitrogen and oxygen atoms in total. The average Bonchev–Trinajstić information content (AvgIpc) is 2.86. The number of amides is 1. The summed E-state index contributed by atoms with van der Waals surface area (Å²) in [6, 6.07) is 6.49. The first-order valence-corrected chi connectivity index (χ1v) is 8.82. The zero-order chi connectivity index (χ0) is 17.6. The second-order valence-corrected chi connectivity index (χ2v) is 6.66. The number of hydrogen-bond donors (Lipinski definition) is 0. The van der Waals surface area contributed by atoms with Crippen LogP contribution in [0.3, 0.4) is 0 Å². The number of aryl methyl sites for hydroxylation is 2. The molecule has 2 aromatic rings. The summed E-state index contributed by atoms with van der Waals surface area (Å²) in [4.78, 5) is 16.8. The molecule has 3 rings (SSSR count). The van der Waals surface area contributed by atoms with Crippen molar-refractivity contribution in [3.8, 4) is 0 Å². The fourth-order valence-electron chi connectivity index (χ4n) is 3.29. The third-order valence-corrected chi connectivity index (χ3v) is 4.62. The van der Waals surface area contributed by atoms with E-state index in [0.29, 0.717) is 12.8 Å². The van der Waals surface area contributed by atoms with Crippen LogP contribution in [0.4, 0.5) is 4.39 Å². The Morgan fingerprint density at radius 2 is 2.08 bits per heavy atom. The number of carbonyl (C=O) groups is 1. The third kappa shape index (κ3) is 5.13. The molecule has 1 amide bonds. The van der Waals surface area contributed by atoms with Gasteiger partial charge in [0, 0.05) is 58.0 Å². The molecule has 0 aliphatic carbocycles. The maximum absolute atomic E-state index is 13.2. The highest BCUT2D eigenvalue weighted by molar-refractivity contribution is 5.76. The number of carbonyl (C=O) groups excluding carboxylic acids is 1. The van der Waals surface area contributed by atoms with Crippen molar-refractivity contribution in [2.75, 3.05) is 26.2 Å². The standard InChI is InChI=1S/C19H25FN4O/c1-22-14-17(13-21-22)15-23-8-3-9-24(11-10-23)19(25)7-6-16-4-2-5-18(20)12-16/h2,4-5,12-14H,3,6-11,15H2,1H3. The Balaban J connectivity index is 1.47. The van der Waals surface area contributed by atoms with E-state index in [9.17, 15) is 9.18 Å². The first-order valence-electron chi connectivity index (χ1n) is 8.82. The second kappa shape index (κ2) is 8.25. The van der Waals surface area contributed by atoms with Crippen LogP contribution in [0.5, 0.6) is 0 Å². The fraction of sp³-hybridized carbons (Fsp3) is 0.474. The van der Waals surface area contributed by atoms with Gasteiger partial charge in [0.2, 0.25) is 5.91 Å². The number of halogens is 1. The van der Waals surface area contributed by atoms with E-state index in [2.05, 4.69) is 10.00 Å². The second-order valence-electron chi connectivity index (χ2n) is 6.66. The van der Waals surface area contributed by atoms with Gasteiger partial charge in [-0.1, -0.05) is 12.1 Å². The Morgan fingerprint density at radius 3 is 2.84 bits per heavy atom. The van der Waals surface area contributed by atoms with Crippen LogP contribution in [0.25, 0.3) is 0 Å². The van der Waals surface area contributed by atoms with E-state index in [1.54, 1.807) is 6.07 Å². The number of benzene rings is 1. The summed E-state index contributed by atoms with van der Waals surface area (Å²) in [6.07, 6.45) is 5.93. The molecule has 0 N–H and O–H groups in total. The van der Waals surface area contributed by atoms with Crippen molar-refractivity contribution in [2.24, 2.45) is 7.05 Å². The van der Waals surface area contributed by atoms with Gasteiger partial charge in [-0.05, 0) is 30.5 Å². The molecule has 0 atom stereocenters. The molecule has 0 unspecified atom stereocenters. The van der Waals surface area contributed by atoms with E-state index in [1.807, 2.05) is 35.1 Å². The number of aromatic nitrogens is 2. The maximum atomic E-state index is 13.2. The van der Waals surface area contributed by atoms with Crippen molar-refractivity contribution < 1.29 is 9.18 Å². The first-order chi connectivity index (χ1) is 12.1. The van der Waals surface area contributed by atoms with E-state index in [0.717, 1.165) is 44.7 Å². The van der Waals surface area contributed by atoms with Gasteiger partial charge in [-0.15, -0.1) is 0 Å². The normalized spacial score (nSPS) is 16.0. The Bertz CT molecular complexity index is 715. The van der Waals surface area contributed by atoms with Crippen molar-refractivity contribution in [1.82, 2.24) is 19.6 Å². The minimum atomic E-state index is -0.245. The number of rotatable bonds is 5. The Kier molecular flexibility index (Phi) is 5.81. The van der Waals surface area contributed by atoms with E-state index in [1.165, 1.54) is 17.7 Å². The molecule has 6 heteroatoms. The molecular weight excluding hydrogens is 319 g/mol. The molecule has 2 heterocycles. The highest BCUT2D eigenvalue weighted by Gasteiger charge is 2.19. The molecule has 1 aliphatic heterocycles. The van der Waals surface area contributed by atoms with Crippen LogP contribution in [-0.2, 0) is 24.8 Å². The summed E-state index contributed by atoms with van der Waals surface area (Å²) in [5.74, 6) is -0.0849. The quantitative estimate of drug-likeness (QED) is 0.835. The maximum Gasteiger partial charge on any atom is 0.222 e. The van der Waals surface area contributed by atoms with Gasteiger partial charge in [0.1, 0.15) is 5.82 Å². The highest BCUT2D eigenvalue weighted by atomic mass is 19.1. The number of nitrogens with zero attached hydrogens (tertiary/aromatic N) is 4. The third-order valence-electron chi connectivity index (χ3n) is 4.62. The van der Waals surface area contributed by atoms with Crippen LogP contribution in [0, 0.1) is 5.82 Å². The van der Waals surface area contributed by atoms with Crippen molar-refractivity contribution in [3.05, 3.63) is 53.6 Å². The van der Waals surface area contributed by atoms with Gasteiger partial charge in [-0.2, -0.15) is 5.10 Å². The lowest BCUT2D eigenvalue weighted by Gasteiger charge is -2.21. The Hall–Kier alpha value is -2.21. The van der Waals surface area contributed by atoms with E-state index < -0.39 is 0 Å². The molecule has 1 aromatic heterocycles. The smallest absolute Gasteiger partial charge is 0.222 e. The minimum absolute atomic E-state index is 0.160. The zero-order valence-electron chi connectivity index (χ0n) is 14.7. The van der Waals surface area contributed by atoms with Crippen LogP contribution in [0.2, 0.25) is 0 Å². The van der Waals surface area contributed by atoms with Crippen molar-refractivity contribution in [1.29, 1.82) is 0 Å². The van der Waals surface area contributed by atoms with Gasteiger partial charge in [-0.25, -0.2) is 4.39 Å². The largest absolute Gasteiger partial charge is 0.341 e. The number of hydrogen-bond acceptors (Lipinski definition) is 3. The van der Waals surface area contributed by atoms with Crippen molar-refractivity contribution >= 4 is 5.91 Å². The monoisotopic (exact) mass is 344 g/mol. The first kappa shape index (κ1) is 17.6. The summed E-state index contributed by atoms with van der Waals surface area (Å²) < 4.78 is 15.0. The molecule has 0 bridgehead atoms. The van der Waals surface area contributed by atoms with Crippen LogP contribution < -0.4 is 0 Å². The zero-order valence-corrected chi connectivity index (χ0v) is 14.7. The highest BCUT2D eigenvalue weighted by Crippen LogP contribution is 2.11. The van der Waals surface area contributed by atoms with E-state index in [-0.39, 0.29) is 11.7 Å². The summed E-state index contributed by atoms with van der Waals surface area (Å²) >= 11 is 0. The van der Waals surface area contributed by atoms with Gasteiger partial charge >= 0.3 is 0 Å². The fourth-order valence-corrected chi connectivity index (χ4v) is 3.29. The van der Waals surface area contributed by atoms with Gasteiger partial charge in [-0.3, -0.25) is 14.4 Å². The minimum Gasteiger partial charge on any atom is -0.341 e. The van der Waals surface area contributed by atoms with Gasteiger partial charge < -0.3 is 4.90 Å². The molecular formula is C19H25FN4O. The van der Waals surface area contributed by atoms with Gasteiger partial charge in [0.25, 0.3) is 0 Å².